The van der Waals surface area contributed by atoms with Crippen LogP contribution in [0, 0.1) is 0 Å². The molecule has 0 spiro atoms. The van der Waals surface area contributed by atoms with Crippen LogP contribution >= 0.6 is 0 Å². The van der Waals surface area contributed by atoms with Crippen LogP contribution in [0.3, 0.4) is 0 Å². The molecule has 0 heterocycles. The Morgan fingerprint density at radius 3 is 1.77 bits per heavy atom. The zero-order valence-corrected chi connectivity index (χ0v) is 12.0. The van der Waals surface area contributed by atoms with E-state index in [1.54, 1.807) is 36.4 Å². The highest BCUT2D eigenvalue weighted by molar-refractivity contribution is 5.96. The number of carboxylic acid groups (broad SMARTS) is 1. The van der Waals surface area contributed by atoms with Crippen LogP contribution in [-0.4, -0.2) is 16.9 Å². The molecule has 2 aromatic rings. The molecule has 22 heavy (non-hydrogen) atoms. The fraction of sp³-hybridized carbons (Fsp3) is 0.0588. The number of benzene rings is 2. The van der Waals surface area contributed by atoms with Crippen molar-refractivity contribution in [2.45, 2.75) is 6.92 Å². The molecular formula is C17H16N2O3. The Morgan fingerprint density at radius 1 is 0.909 bits per heavy atom. The van der Waals surface area contributed by atoms with Gasteiger partial charge in [-0.3, -0.25) is 4.79 Å². The summed E-state index contributed by atoms with van der Waals surface area (Å²) in [4.78, 5) is 22.1. The number of nitrogen functional groups attached to an aromatic ring is 2. The van der Waals surface area contributed by atoms with Gasteiger partial charge in [-0.15, -0.1) is 0 Å². The Bertz CT molecular complexity index is 714. The molecule has 5 N–H and O–H groups in total. The van der Waals surface area contributed by atoms with E-state index in [1.165, 1.54) is 19.1 Å². The van der Waals surface area contributed by atoms with Gasteiger partial charge in [-0.25, -0.2) is 4.79 Å². The van der Waals surface area contributed by atoms with Crippen molar-refractivity contribution in [3.8, 4) is 0 Å². The number of nitrogens with two attached hydrogens (primary N) is 2. The average Bonchev–Trinajstić information content (AvgIpc) is 2.46. The van der Waals surface area contributed by atoms with Gasteiger partial charge in [-0.05, 0) is 36.2 Å². The lowest BCUT2D eigenvalue weighted by Gasteiger charge is -2.04. The van der Waals surface area contributed by atoms with E-state index < -0.39 is 5.97 Å². The summed E-state index contributed by atoms with van der Waals surface area (Å²) in [5.41, 5.74) is 14.8. The highest BCUT2D eigenvalue weighted by Crippen LogP contribution is 2.21. The number of carbonyl (C=O) groups excluding carboxylic acids is 1. The van der Waals surface area contributed by atoms with Crippen molar-refractivity contribution in [2.24, 2.45) is 0 Å². The van der Waals surface area contributed by atoms with Crippen LogP contribution in [-0.2, 0) is 0 Å². The lowest BCUT2D eigenvalue weighted by atomic mass is 10.0. The van der Waals surface area contributed by atoms with E-state index in [0.717, 1.165) is 5.56 Å². The topological polar surface area (TPSA) is 106 Å². The van der Waals surface area contributed by atoms with Gasteiger partial charge >= 0.3 is 5.97 Å². The fourth-order valence-corrected chi connectivity index (χ4v) is 1.98. The zero-order valence-electron chi connectivity index (χ0n) is 12.0. The van der Waals surface area contributed by atoms with Crippen LogP contribution in [0.1, 0.15) is 38.8 Å². The highest BCUT2D eigenvalue weighted by Gasteiger charge is 2.05. The first-order chi connectivity index (χ1) is 10.4. The summed E-state index contributed by atoms with van der Waals surface area (Å²) in [6.07, 6.45) is 3.52. The Kier molecular flexibility index (Phi) is 4.27. The van der Waals surface area contributed by atoms with Crippen molar-refractivity contribution in [2.75, 3.05) is 11.5 Å². The number of aromatic carboxylic acids is 1. The number of carbonyl (C=O) groups is 2. The predicted molar refractivity (Wildman–Crippen MR) is 87.6 cm³/mol. The molecule has 0 aromatic heterocycles. The molecule has 2 rings (SSSR count). The zero-order chi connectivity index (χ0) is 16.3. The van der Waals surface area contributed by atoms with Gasteiger partial charge in [-0.1, -0.05) is 30.4 Å². The third kappa shape index (κ3) is 3.32. The van der Waals surface area contributed by atoms with Gasteiger partial charge in [0.05, 0.1) is 5.56 Å². The van der Waals surface area contributed by atoms with E-state index in [-0.39, 0.29) is 11.3 Å². The first kappa shape index (κ1) is 15.3. The number of rotatable bonds is 4. The standard InChI is InChI=1S/C17H16N2O3/c1-10(20)13-6-4-11(15(18)8-13)2-3-12-5-7-14(17(21)22)9-16(12)19/h2-9H,18-19H2,1H3,(H,21,22)/b3-2+. The van der Waals surface area contributed by atoms with E-state index in [0.29, 0.717) is 22.5 Å². The maximum absolute atomic E-state index is 11.3. The summed E-state index contributed by atoms with van der Waals surface area (Å²) in [6.45, 7) is 1.48. The van der Waals surface area contributed by atoms with Crippen LogP contribution in [0.5, 0.6) is 0 Å². The smallest absolute Gasteiger partial charge is 0.335 e. The van der Waals surface area contributed by atoms with Gasteiger partial charge in [0.25, 0.3) is 0 Å². The van der Waals surface area contributed by atoms with Crippen LogP contribution < -0.4 is 11.5 Å². The molecule has 0 radical (unpaired) electrons. The van der Waals surface area contributed by atoms with E-state index in [1.807, 2.05) is 0 Å². The number of Topliss-reactive ketones (excluding diaryl/α,β-unsaturated/α-hetero) is 1. The molecule has 112 valence electrons. The van der Waals surface area contributed by atoms with Crippen molar-refractivity contribution in [3.63, 3.8) is 0 Å². The quantitative estimate of drug-likeness (QED) is 0.457. The monoisotopic (exact) mass is 296 g/mol. The Hall–Kier alpha value is -3.08. The second kappa shape index (κ2) is 6.13. The minimum absolute atomic E-state index is 0.0456. The molecule has 0 saturated heterocycles. The molecule has 0 unspecified atom stereocenters. The van der Waals surface area contributed by atoms with Gasteiger partial charge in [0.2, 0.25) is 0 Å². The Labute approximate surface area is 127 Å². The molecule has 0 aliphatic heterocycles. The van der Waals surface area contributed by atoms with Crippen LogP contribution in [0.2, 0.25) is 0 Å². The van der Waals surface area contributed by atoms with Gasteiger partial charge in [-0.2, -0.15) is 0 Å². The predicted octanol–water partition coefficient (Wildman–Crippen LogP) is 2.92. The van der Waals surface area contributed by atoms with Gasteiger partial charge in [0.15, 0.2) is 5.78 Å². The fourth-order valence-electron chi connectivity index (χ4n) is 1.98. The number of hydrogen-bond donors (Lipinski definition) is 3. The lowest BCUT2D eigenvalue weighted by molar-refractivity contribution is 0.0696. The lowest BCUT2D eigenvalue weighted by Crippen LogP contribution is -1.99. The van der Waals surface area contributed by atoms with Crippen LogP contribution in [0.4, 0.5) is 11.4 Å². The summed E-state index contributed by atoms with van der Waals surface area (Å²) >= 11 is 0. The third-order valence-electron chi connectivity index (χ3n) is 3.27. The summed E-state index contributed by atoms with van der Waals surface area (Å²) < 4.78 is 0. The molecule has 0 atom stereocenters. The van der Waals surface area contributed by atoms with Crippen molar-refractivity contribution in [3.05, 3.63) is 58.7 Å². The van der Waals surface area contributed by atoms with Crippen LogP contribution in [0.25, 0.3) is 12.2 Å². The number of hydrogen-bond acceptors (Lipinski definition) is 4. The molecule has 5 nitrogen and oxygen atoms in total. The summed E-state index contributed by atoms with van der Waals surface area (Å²) in [5, 5.41) is 8.90. The largest absolute Gasteiger partial charge is 0.478 e. The minimum Gasteiger partial charge on any atom is -0.478 e. The molecule has 0 amide bonds. The first-order valence-electron chi connectivity index (χ1n) is 6.60. The molecule has 5 heteroatoms. The number of carboxylic acids is 1. The Balaban J connectivity index is 2.29. The highest BCUT2D eigenvalue weighted by atomic mass is 16.4. The van der Waals surface area contributed by atoms with Gasteiger partial charge in [0, 0.05) is 16.9 Å². The molecular weight excluding hydrogens is 280 g/mol. The average molecular weight is 296 g/mol. The first-order valence-corrected chi connectivity index (χ1v) is 6.60. The second-order valence-electron chi connectivity index (χ2n) is 4.88. The summed E-state index contributed by atoms with van der Waals surface area (Å²) in [6, 6.07) is 9.61. The van der Waals surface area contributed by atoms with E-state index in [9.17, 15) is 9.59 Å². The molecule has 0 saturated carbocycles. The van der Waals surface area contributed by atoms with Crippen molar-refractivity contribution in [1.29, 1.82) is 0 Å². The van der Waals surface area contributed by atoms with Gasteiger partial charge in [0.1, 0.15) is 0 Å². The molecule has 0 aliphatic rings. The maximum atomic E-state index is 11.3. The molecule has 0 fully saturated rings. The SMILES string of the molecule is CC(=O)c1ccc(/C=C/c2ccc(C(=O)O)cc2N)c(N)c1. The van der Waals surface area contributed by atoms with Crippen LogP contribution in [0.15, 0.2) is 36.4 Å². The van der Waals surface area contributed by atoms with Gasteiger partial charge < -0.3 is 16.6 Å². The number of ketones is 1. The third-order valence-corrected chi connectivity index (χ3v) is 3.27. The normalized spacial score (nSPS) is 10.8. The van der Waals surface area contributed by atoms with E-state index in [2.05, 4.69) is 0 Å². The van der Waals surface area contributed by atoms with Crippen molar-refractivity contribution in [1.82, 2.24) is 0 Å². The number of anilines is 2. The second-order valence-corrected chi connectivity index (χ2v) is 4.88. The summed E-state index contributed by atoms with van der Waals surface area (Å²) in [7, 11) is 0. The van der Waals surface area contributed by atoms with Crippen molar-refractivity contribution < 1.29 is 14.7 Å². The van der Waals surface area contributed by atoms with E-state index in [4.69, 9.17) is 16.6 Å². The van der Waals surface area contributed by atoms with E-state index >= 15 is 0 Å². The van der Waals surface area contributed by atoms with Crippen molar-refractivity contribution >= 4 is 35.3 Å². The maximum Gasteiger partial charge on any atom is 0.335 e. The molecule has 0 aliphatic carbocycles. The molecule has 0 bridgehead atoms. The summed E-state index contributed by atoms with van der Waals surface area (Å²) in [5.74, 6) is -1.07. The Morgan fingerprint density at radius 2 is 1.36 bits per heavy atom. The molecule has 2 aromatic carbocycles. The minimum atomic E-state index is -1.02.